The van der Waals surface area contributed by atoms with Gasteiger partial charge in [0.15, 0.2) is 0 Å². The summed E-state index contributed by atoms with van der Waals surface area (Å²) in [4.78, 5) is 26.7. The van der Waals surface area contributed by atoms with Crippen LogP contribution >= 0.6 is 0 Å². The predicted molar refractivity (Wildman–Crippen MR) is 68.4 cm³/mol. The molecule has 0 rings (SSSR count). The molecule has 0 fully saturated rings. The summed E-state index contributed by atoms with van der Waals surface area (Å²) in [5, 5.41) is 0. The van der Waals surface area contributed by atoms with Crippen molar-refractivity contribution in [3.63, 3.8) is 0 Å². The van der Waals surface area contributed by atoms with Gasteiger partial charge in [-0.05, 0) is 27.7 Å². The molecule has 0 spiro atoms. The monoisotopic (exact) mass is 243 g/mol. The molecular formula is C12H25N3O2. The van der Waals surface area contributed by atoms with Crippen LogP contribution in [0.2, 0.25) is 0 Å². The van der Waals surface area contributed by atoms with Crippen molar-refractivity contribution in [3.05, 3.63) is 0 Å². The molecule has 0 bridgehead atoms. The highest BCUT2D eigenvalue weighted by molar-refractivity contribution is 5.88. The molecule has 0 aromatic carbocycles. The van der Waals surface area contributed by atoms with Gasteiger partial charge in [0.1, 0.15) is 0 Å². The second-order valence-electron chi connectivity index (χ2n) is 5.80. The van der Waals surface area contributed by atoms with Crippen molar-refractivity contribution >= 4 is 11.8 Å². The molecule has 17 heavy (non-hydrogen) atoms. The molecule has 0 heterocycles. The Labute approximate surface area is 104 Å². The molecule has 100 valence electrons. The van der Waals surface area contributed by atoms with E-state index in [0.29, 0.717) is 0 Å². The van der Waals surface area contributed by atoms with Crippen molar-refractivity contribution in [1.29, 1.82) is 0 Å². The highest BCUT2D eigenvalue weighted by atomic mass is 16.2. The lowest BCUT2D eigenvalue weighted by atomic mass is 9.74. The first-order chi connectivity index (χ1) is 7.41. The lowest BCUT2D eigenvalue weighted by Gasteiger charge is -2.39. The molecule has 5 nitrogen and oxygen atoms in total. The number of nitrogens with zero attached hydrogens (tertiary/aromatic N) is 2. The van der Waals surface area contributed by atoms with Crippen LogP contribution < -0.4 is 5.73 Å². The summed E-state index contributed by atoms with van der Waals surface area (Å²) < 4.78 is 0. The first kappa shape index (κ1) is 15.9. The van der Waals surface area contributed by atoms with E-state index in [9.17, 15) is 9.59 Å². The lowest BCUT2D eigenvalue weighted by Crippen LogP contribution is -2.56. The van der Waals surface area contributed by atoms with Gasteiger partial charge in [0.05, 0.1) is 12.0 Å². The van der Waals surface area contributed by atoms with E-state index >= 15 is 0 Å². The van der Waals surface area contributed by atoms with E-state index in [4.69, 9.17) is 5.73 Å². The normalized spacial score (nSPS) is 12.2. The Bertz CT molecular complexity index is 303. The maximum atomic E-state index is 12.2. The maximum Gasteiger partial charge on any atom is 0.241 e. The summed E-state index contributed by atoms with van der Waals surface area (Å²) in [5.74, 6) is -0.230. The number of likely N-dealkylation sites (N-methyl/N-ethyl adjacent to an activating group) is 2. The van der Waals surface area contributed by atoms with Crippen LogP contribution in [0.25, 0.3) is 0 Å². The van der Waals surface area contributed by atoms with Crippen molar-refractivity contribution in [1.82, 2.24) is 9.80 Å². The van der Waals surface area contributed by atoms with E-state index in [0.717, 1.165) is 0 Å². The molecule has 0 unspecified atom stereocenters. The predicted octanol–water partition coefficient (Wildman–Crippen LogP) is 0.297. The lowest BCUT2D eigenvalue weighted by molar-refractivity contribution is -0.146. The summed E-state index contributed by atoms with van der Waals surface area (Å²) >= 11 is 0. The fraction of sp³-hybridized carbons (Fsp3) is 0.833. The zero-order chi connectivity index (χ0) is 14.0. The van der Waals surface area contributed by atoms with Gasteiger partial charge in [0.2, 0.25) is 11.8 Å². The smallest absolute Gasteiger partial charge is 0.241 e. The summed E-state index contributed by atoms with van der Waals surface area (Å²) in [7, 11) is 4.95. The third kappa shape index (κ3) is 3.70. The van der Waals surface area contributed by atoms with Crippen LogP contribution in [-0.2, 0) is 9.59 Å². The van der Waals surface area contributed by atoms with Crippen molar-refractivity contribution in [2.45, 2.75) is 33.2 Å². The van der Waals surface area contributed by atoms with Crippen molar-refractivity contribution in [2.75, 3.05) is 27.7 Å². The number of nitrogens with two attached hydrogens (primary N) is 1. The molecule has 2 N–H and O–H groups in total. The van der Waals surface area contributed by atoms with Crippen LogP contribution in [-0.4, -0.2) is 54.8 Å². The van der Waals surface area contributed by atoms with Crippen LogP contribution in [0, 0.1) is 5.41 Å². The van der Waals surface area contributed by atoms with Gasteiger partial charge in [-0.15, -0.1) is 0 Å². The van der Waals surface area contributed by atoms with E-state index in [1.807, 2.05) is 13.8 Å². The summed E-state index contributed by atoms with van der Waals surface area (Å²) in [6.45, 7) is 7.29. The summed E-state index contributed by atoms with van der Waals surface area (Å²) in [6, 6.07) is 0. The zero-order valence-electron chi connectivity index (χ0n) is 12.0. The Kier molecular flexibility index (Phi) is 4.71. The zero-order valence-corrected chi connectivity index (χ0v) is 12.0. The number of carbonyl (C=O) groups is 2. The second kappa shape index (κ2) is 5.04. The molecule has 5 heteroatoms. The fourth-order valence-electron chi connectivity index (χ4n) is 1.17. The van der Waals surface area contributed by atoms with E-state index in [1.54, 1.807) is 35.0 Å². The molecule has 0 radical (unpaired) electrons. The quantitative estimate of drug-likeness (QED) is 0.772. The third-order valence-corrected chi connectivity index (χ3v) is 3.36. The van der Waals surface area contributed by atoms with Gasteiger partial charge in [-0.25, -0.2) is 0 Å². The fourth-order valence-corrected chi connectivity index (χ4v) is 1.17. The minimum atomic E-state index is -0.714. The largest absolute Gasteiger partial charge is 0.347 e. The number of amides is 2. The Morgan fingerprint density at radius 1 is 1.06 bits per heavy atom. The average molecular weight is 243 g/mol. The van der Waals surface area contributed by atoms with E-state index < -0.39 is 11.0 Å². The topological polar surface area (TPSA) is 66.6 Å². The molecule has 0 atom stereocenters. The van der Waals surface area contributed by atoms with Crippen molar-refractivity contribution < 1.29 is 9.59 Å². The Balaban J connectivity index is 4.78. The molecule has 0 aliphatic heterocycles. The summed E-state index contributed by atoms with van der Waals surface area (Å²) in [5.41, 5.74) is 4.65. The average Bonchev–Trinajstić information content (AvgIpc) is 2.14. The van der Waals surface area contributed by atoms with E-state index in [1.165, 1.54) is 9.80 Å². The van der Waals surface area contributed by atoms with Crippen LogP contribution in [0.15, 0.2) is 0 Å². The van der Waals surface area contributed by atoms with E-state index in [-0.39, 0.29) is 18.4 Å². The molecule has 0 saturated heterocycles. The SMILES string of the molecule is CN(C)C(=O)CN(C)C(=O)C(C)(C)C(C)(C)N. The molecule has 2 amide bonds. The number of rotatable bonds is 4. The highest BCUT2D eigenvalue weighted by Crippen LogP contribution is 2.30. The molecule has 0 aliphatic rings. The van der Waals surface area contributed by atoms with Gasteiger partial charge >= 0.3 is 0 Å². The molecule has 0 aromatic heterocycles. The van der Waals surface area contributed by atoms with Crippen molar-refractivity contribution in [3.8, 4) is 0 Å². The number of carbonyl (C=O) groups excluding carboxylic acids is 2. The van der Waals surface area contributed by atoms with Gasteiger partial charge in [-0.1, -0.05) is 0 Å². The minimum Gasteiger partial charge on any atom is -0.347 e. The first-order valence-electron chi connectivity index (χ1n) is 5.66. The van der Waals surface area contributed by atoms with Crippen LogP contribution in [0.3, 0.4) is 0 Å². The Morgan fingerprint density at radius 2 is 1.47 bits per heavy atom. The second-order valence-corrected chi connectivity index (χ2v) is 5.80. The number of hydrogen-bond donors (Lipinski definition) is 1. The van der Waals surface area contributed by atoms with Gasteiger partial charge in [-0.3, -0.25) is 9.59 Å². The first-order valence-corrected chi connectivity index (χ1v) is 5.66. The Morgan fingerprint density at radius 3 is 1.76 bits per heavy atom. The molecule has 0 saturated carbocycles. The van der Waals surface area contributed by atoms with Gasteiger partial charge in [-0.2, -0.15) is 0 Å². The van der Waals surface area contributed by atoms with Crippen LogP contribution in [0.5, 0.6) is 0 Å². The summed E-state index contributed by atoms with van der Waals surface area (Å²) in [6.07, 6.45) is 0. The van der Waals surface area contributed by atoms with Crippen molar-refractivity contribution in [2.24, 2.45) is 11.1 Å². The standard InChI is InChI=1S/C12H25N3O2/c1-11(2,12(3,4)13)10(17)15(7)8-9(16)14(5)6/h8,13H2,1-7H3. The Hall–Kier alpha value is -1.10. The van der Waals surface area contributed by atoms with Crippen LogP contribution in [0.1, 0.15) is 27.7 Å². The number of hydrogen-bond acceptors (Lipinski definition) is 3. The minimum absolute atomic E-state index is 0.0747. The van der Waals surface area contributed by atoms with Gasteiger partial charge < -0.3 is 15.5 Å². The molecule has 0 aliphatic carbocycles. The highest BCUT2D eigenvalue weighted by Gasteiger charge is 2.42. The maximum absolute atomic E-state index is 12.2. The van der Waals surface area contributed by atoms with Gasteiger partial charge in [0, 0.05) is 26.7 Å². The van der Waals surface area contributed by atoms with Gasteiger partial charge in [0.25, 0.3) is 0 Å². The third-order valence-electron chi connectivity index (χ3n) is 3.36. The molecular weight excluding hydrogens is 218 g/mol. The van der Waals surface area contributed by atoms with E-state index in [2.05, 4.69) is 0 Å². The van der Waals surface area contributed by atoms with Crippen LogP contribution in [0.4, 0.5) is 0 Å². The molecule has 0 aromatic rings.